The molecule has 1 N–H and O–H groups in total. The van der Waals surface area contributed by atoms with Crippen LogP contribution in [0.1, 0.15) is 11.4 Å². The number of benzene rings is 2. The normalized spacial score (nSPS) is 10.8. The van der Waals surface area contributed by atoms with E-state index >= 15 is 0 Å². The van der Waals surface area contributed by atoms with Crippen molar-refractivity contribution in [2.45, 2.75) is 18.7 Å². The molecule has 29 heavy (non-hydrogen) atoms. The van der Waals surface area contributed by atoms with Crippen LogP contribution in [0.25, 0.3) is 0 Å². The van der Waals surface area contributed by atoms with E-state index in [0.29, 0.717) is 27.4 Å². The Labute approximate surface area is 181 Å². The van der Waals surface area contributed by atoms with Gasteiger partial charge in [-0.15, -0.1) is 10.2 Å². The van der Waals surface area contributed by atoms with Crippen LogP contribution in [0.4, 0.5) is 10.1 Å². The average Bonchev–Trinajstić information content (AvgIpc) is 3.02. The summed E-state index contributed by atoms with van der Waals surface area (Å²) in [5.41, 5.74) is 1.35. The summed E-state index contributed by atoms with van der Waals surface area (Å²) < 4.78 is 20.7. The molecule has 0 atom stereocenters. The van der Waals surface area contributed by atoms with Crippen molar-refractivity contribution in [1.82, 2.24) is 14.8 Å². The van der Waals surface area contributed by atoms with Gasteiger partial charge in [-0.3, -0.25) is 4.79 Å². The highest BCUT2D eigenvalue weighted by Gasteiger charge is 2.13. The topological polar surface area (TPSA) is 69.0 Å². The van der Waals surface area contributed by atoms with Crippen LogP contribution in [0.15, 0.2) is 41.6 Å². The summed E-state index contributed by atoms with van der Waals surface area (Å²) in [6.07, 6.45) is 0. The number of amides is 1. The summed E-state index contributed by atoms with van der Waals surface area (Å²) in [6.45, 7) is 2.14. The third-order valence-corrected chi connectivity index (χ3v) is 5.50. The minimum absolute atomic E-state index is 0.0516. The number of aromatic nitrogens is 3. The van der Waals surface area contributed by atoms with E-state index in [9.17, 15) is 9.18 Å². The van der Waals surface area contributed by atoms with Gasteiger partial charge in [0.15, 0.2) is 11.0 Å². The van der Waals surface area contributed by atoms with Crippen molar-refractivity contribution in [3.8, 4) is 5.75 Å². The minimum Gasteiger partial charge on any atom is -0.485 e. The van der Waals surface area contributed by atoms with Crippen LogP contribution in [0, 0.1) is 12.7 Å². The molecule has 0 saturated carbocycles. The molecule has 0 aliphatic rings. The number of hydrogen-bond donors (Lipinski definition) is 1. The fourth-order valence-electron chi connectivity index (χ4n) is 2.41. The third kappa shape index (κ3) is 5.62. The SMILES string of the molecule is Cc1cc(Cl)ccc1OCc1nnc(SCC(=O)Nc2ccc(F)c(Cl)c2)n1C. The second-order valence-electron chi connectivity index (χ2n) is 6.12. The van der Waals surface area contributed by atoms with Crippen molar-refractivity contribution in [2.75, 3.05) is 11.1 Å². The number of nitrogens with one attached hydrogen (secondary N) is 1. The molecule has 3 rings (SSSR count). The van der Waals surface area contributed by atoms with Crippen molar-refractivity contribution in [3.05, 3.63) is 63.6 Å². The van der Waals surface area contributed by atoms with Gasteiger partial charge >= 0.3 is 0 Å². The molecule has 3 aromatic rings. The van der Waals surface area contributed by atoms with E-state index in [1.807, 2.05) is 13.0 Å². The molecule has 10 heteroatoms. The predicted molar refractivity (Wildman–Crippen MR) is 112 cm³/mol. The summed E-state index contributed by atoms with van der Waals surface area (Å²) in [4.78, 5) is 12.1. The molecule has 0 saturated heterocycles. The van der Waals surface area contributed by atoms with Gasteiger partial charge < -0.3 is 14.6 Å². The second kappa shape index (κ2) is 9.47. The molecule has 0 aliphatic carbocycles. The molecule has 152 valence electrons. The summed E-state index contributed by atoms with van der Waals surface area (Å²) in [5, 5.41) is 12.0. The molecule has 1 amide bonds. The Bertz CT molecular complexity index is 1050. The van der Waals surface area contributed by atoms with Gasteiger partial charge in [0.1, 0.15) is 18.2 Å². The number of nitrogens with zero attached hydrogens (tertiary/aromatic N) is 3. The molecule has 0 bridgehead atoms. The molecule has 1 aromatic heterocycles. The lowest BCUT2D eigenvalue weighted by Crippen LogP contribution is -2.14. The maximum absolute atomic E-state index is 13.2. The Kier molecular flexibility index (Phi) is 7.00. The van der Waals surface area contributed by atoms with Crippen molar-refractivity contribution in [3.63, 3.8) is 0 Å². The van der Waals surface area contributed by atoms with E-state index < -0.39 is 5.82 Å². The van der Waals surface area contributed by atoms with Crippen molar-refractivity contribution in [1.29, 1.82) is 0 Å². The number of anilines is 1. The summed E-state index contributed by atoms with van der Waals surface area (Å²) in [5.74, 6) is 0.631. The van der Waals surface area contributed by atoms with Crippen molar-refractivity contribution < 1.29 is 13.9 Å². The lowest BCUT2D eigenvalue weighted by molar-refractivity contribution is -0.113. The Balaban J connectivity index is 1.55. The molecular weight excluding hydrogens is 438 g/mol. The first-order valence-electron chi connectivity index (χ1n) is 8.48. The van der Waals surface area contributed by atoms with Crippen molar-refractivity contribution >= 4 is 46.6 Å². The van der Waals surface area contributed by atoms with E-state index in [1.54, 1.807) is 23.7 Å². The molecule has 0 spiro atoms. The number of carbonyl (C=O) groups is 1. The lowest BCUT2D eigenvalue weighted by atomic mass is 10.2. The number of halogens is 3. The van der Waals surface area contributed by atoms with E-state index in [1.165, 1.54) is 30.0 Å². The van der Waals surface area contributed by atoms with Gasteiger partial charge in [0.05, 0.1) is 10.8 Å². The zero-order chi connectivity index (χ0) is 21.0. The smallest absolute Gasteiger partial charge is 0.234 e. The first-order chi connectivity index (χ1) is 13.8. The van der Waals surface area contributed by atoms with Crippen LogP contribution in [0.5, 0.6) is 5.75 Å². The highest BCUT2D eigenvalue weighted by molar-refractivity contribution is 7.99. The van der Waals surface area contributed by atoms with Gasteiger partial charge in [-0.1, -0.05) is 35.0 Å². The molecule has 2 aromatic carbocycles. The van der Waals surface area contributed by atoms with Crippen LogP contribution in [0.2, 0.25) is 10.0 Å². The third-order valence-electron chi connectivity index (χ3n) is 3.95. The average molecular weight is 455 g/mol. The van der Waals surface area contributed by atoms with E-state index in [2.05, 4.69) is 15.5 Å². The zero-order valence-electron chi connectivity index (χ0n) is 15.6. The molecule has 0 radical (unpaired) electrons. The van der Waals surface area contributed by atoms with Crippen LogP contribution >= 0.6 is 35.0 Å². The zero-order valence-corrected chi connectivity index (χ0v) is 17.9. The first-order valence-corrected chi connectivity index (χ1v) is 10.2. The molecule has 0 fully saturated rings. The van der Waals surface area contributed by atoms with Crippen LogP contribution in [-0.2, 0) is 18.4 Å². The minimum atomic E-state index is -0.540. The Morgan fingerprint density at radius 2 is 2.03 bits per heavy atom. The number of carbonyl (C=O) groups excluding carboxylic acids is 1. The van der Waals surface area contributed by atoms with Crippen LogP contribution in [0.3, 0.4) is 0 Å². The maximum Gasteiger partial charge on any atom is 0.234 e. The monoisotopic (exact) mass is 454 g/mol. The molecule has 0 unspecified atom stereocenters. The highest BCUT2D eigenvalue weighted by Crippen LogP contribution is 2.24. The summed E-state index contributed by atoms with van der Waals surface area (Å²) in [7, 11) is 1.80. The standard InChI is InChI=1S/C19H17Cl2FN4O2S/c1-11-7-12(20)3-6-16(11)28-9-17-24-25-19(26(17)2)29-10-18(27)23-13-4-5-15(22)14(21)8-13/h3-8H,9-10H2,1-2H3,(H,23,27). The lowest BCUT2D eigenvalue weighted by Gasteiger charge is -2.09. The number of rotatable bonds is 7. The second-order valence-corrected chi connectivity index (χ2v) is 7.91. The fourth-order valence-corrected chi connectivity index (χ4v) is 3.55. The largest absolute Gasteiger partial charge is 0.485 e. The summed E-state index contributed by atoms with van der Waals surface area (Å²) in [6, 6.07) is 9.38. The molecular formula is C19H17Cl2FN4O2S. The van der Waals surface area contributed by atoms with Gasteiger partial charge in [0, 0.05) is 17.8 Å². The molecule has 0 aliphatic heterocycles. The number of thioether (sulfide) groups is 1. The Morgan fingerprint density at radius 1 is 1.24 bits per heavy atom. The Morgan fingerprint density at radius 3 is 2.76 bits per heavy atom. The van der Waals surface area contributed by atoms with Crippen molar-refractivity contribution in [2.24, 2.45) is 7.05 Å². The van der Waals surface area contributed by atoms with E-state index in [0.717, 1.165) is 5.56 Å². The molecule has 1 heterocycles. The van der Waals surface area contributed by atoms with Gasteiger partial charge in [-0.25, -0.2) is 4.39 Å². The van der Waals surface area contributed by atoms with Crippen LogP contribution < -0.4 is 10.1 Å². The number of hydrogen-bond acceptors (Lipinski definition) is 5. The maximum atomic E-state index is 13.2. The highest BCUT2D eigenvalue weighted by atomic mass is 35.5. The fraction of sp³-hybridized carbons (Fsp3) is 0.211. The predicted octanol–water partition coefficient (Wildman–Crippen LogP) is 4.88. The quantitative estimate of drug-likeness (QED) is 0.515. The Hall–Kier alpha value is -2.29. The van der Waals surface area contributed by atoms with E-state index in [-0.39, 0.29) is 23.3 Å². The number of ether oxygens (including phenoxy) is 1. The molecule has 6 nitrogen and oxygen atoms in total. The summed E-state index contributed by atoms with van der Waals surface area (Å²) >= 11 is 12.9. The number of aryl methyl sites for hydroxylation is 1. The van der Waals surface area contributed by atoms with E-state index in [4.69, 9.17) is 27.9 Å². The van der Waals surface area contributed by atoms with Gasteiger partial charge in [-0.05, 0) is 48.9 Å². The van der Waals surface area contributed by atoms with Gasteiger partial charge in [0.25, 0.3) is 0 Å². The van der Waals surface area contributed by atoms with Crippen LogP contribution in [-0.4, -0.2) is 26.4 Å². The van der Waals surface area contributed by atoms with Gasteiger partial charge in [0.2, 0.25) is 5.91 Å². The first kappa shape index (κ1) is 21.4. The van der Waals surface area contributed by atoms with Gasteiger partial charge in [-0.2, -0.15) is 0 Å².